The third-order valence-electron chi connectivity index (χ3n) is 2.01. The summed E-state index contributed by atoms with van der Waals surface area (Å²) in [7, 11) is 0. The summed E-state index contributed by atoms with van der Waals surface area (Å²) in [6.07, 6.45) is 2.38. The molecule has 1 aromatic rings. The smallest absolute Gasteiger partial charge is 0.134 e. The molecule has 3 heteroatoms. The first-order valence-corrected chi connectivity index (χ1v) is 5.16. The number of hydrogen-bond donors (Lipinski definition) is 2. The fourth-order valence-electron chi connectivity index (χ4n) is 1.27. The summed E-state index contributed by atoms with van der Waals surface area (Å²) in [4.78, 5) is 0. The highest BCUT2D eigenvalue weighted by Crippen LogP contribution is 2.27. The molecule has 0 amide bonds. The van der Waals surface area contributed by atoms with E-state index in [-0.39, 0.29) is 12.4 Å². The van der Waals surface area contributed by atoms with Crippen LogP contribution in [-0.2, 0) is 6.42 Å². The Morgan fingerprint density at radius 1 is 1.27 bits per heavy atom. The van der Waals surface area contributed by atoms with E-state index in [1.165, 1.54) is 0 Å². The highest BCUT2D eigenvalue weighted by molar-refractivity contribution is 6.32. The number of aliphatic hydroxyl groups excluding tert-OH is 1. The van der Waals surface area contributed by atoms with Gasteiger partial charge >= 0.3 is 0 Å². The summed E-state index contributed by atoms with van der Waals surface area (Å²) in [5.41, 5.74) is 0.933. The van der Waals surface area contributed by atoms with Crippen LogP contribution in [0, 0.1) is 11.8 Å². The monoisotopic (exact) mass is 224 g/mol. The van der Waals surface area contributed by atoms with Crippen molar-refractivity contribution in [2.75, 3.05) is 6.61 Å². The Labute approximate surface area is 94.5 Å². The van der Waals surface area contributed by atoms with E-state index < -0.39 is 0 Å². The summed E-state index contributed by atoms with van der Waals surface area (Å²) in [6.45, 7) is -0.0904. The summed E-state index contributed by atoms with van der Waals surface area (Å²) in [5, 5.41) is 18.2. The predicted octanol–water partition coefficient (Wildman–Crippen LogP) is 2.36. The van der Waals surface area contributed by atoms with Crippen LogP contribution in [-0.4, -0.2) is 16.8 Å². The third-order valence-corrected chi connectivity index (χ3v) is 2.45. The number of aliphatic hydroxyl groups is 1. The van der Waals surface area contributed by atoms with Crippen LogP contribution in [0.5, 0.6) is 5.75 Å². The van der Waals surface area contributed by atoms with Gasteiger partial charge in [-0.1, -0.05) is 29.7 Å². The van der Waals surface area contributed by atoms with E-state index in [0.717, 1.165) is 24.8 Å². The lowest BCUT2D eigenvalue weighted by atomic mass is 10.1. The molecule has 15 heavy (non-hydrogen) atoms. The Bertz CT molecular complexity index is 377. The lowest BCUT2D eigenvalue weighted by Gasteiger charge is -2.03. The SMILES string of the molecule is OCC#CCCCc1cccc(O)c1Cl. The quantitative estimate of drug-likeness (QED) is 0.611. The largest absolute Gasteiger partial charge is 0.506 e. The molecule has 0 heterocycles. The topological polar surface area (TPSA) is 40.5 Å². The van der Waals surface area contributed by atoms with Gasteiger partial charge in [-0.05, 0) is 24.5 Å². The summed E-state index contributed by atoms with van der Waals surface area (Å²) in [5.74, 6) is 5.54. The third kappa shape index (κ3) is 3.83. The van der Waals surface area contributed by atoms with Crippen molar-refractivity contribution in [2.45, 2.75) is 19.3 Å². The van der Waals surface area contributed by atoms with Crippen LogP contribution in [0.2, 0.25) is 5.02 Å². The number of unbranched alkanes of at least 4 members (excludes halogenated alkanes) is 1. The van der Waals surface area contributed by atoms with Gasteiger partial charge in [0.05, 0.1) is 5.02 Å². The normalized spacial score (nSPS) is 9.47. The molecule has 0 saturated carbocycles. The Kier molecular flexibility index (Phi) is 5.03. The van der Waals surface area contributed by atoms with Gasteiger partial charge in [0, 0.05) is 6.42 Å². The molecule has 0 unspecified atom stereocenters. The van der Waals surface area contributed by atoms with E-state index in [1.54, 1.807) is 12.1 Å². The van der Waals surface area contributed by atoms with Crippen molar-refractivity contribution >= 4 is 11.6 Å². The minimum Gasteiger partial charge on any atom is -0.506 e. The highest BCUT2D eigenvalue weighted by atomic mass is 35.5. The molecular weight excluding hydrogens is 212 g/mol. The van der Waals surface area contributed by atoms with Crippen LogP contribution in [0.3, 0.4) is 0 Å². The Balaban J connectivity index is 2.47. The lowest BCUT2D eigenvalue weighted by molar-refractivity contribution is 0.350. The molecule has 0 saturated heterocycles. The molecule has 2 N–H and O–H groups in total. The zero-order valence-electron chi connectivity index (χ0n) is 8.33. The molecule has 1 aromatic carbocycles. The molecule has 80 valence electrons. The van der Waals surface area contributed by atoms with Crippen LogP contribution < -0.4 is 0 Å². The van der Waals surface area contributed by atoms with Crippen LogP contribution in [0.15, 0.2) is 18.2 Å². The van der Waals surface area contributed by atoms with Crippen molar-refractivity contribution in [3.05, 3.63) is 28.8 Å². The molecule has 0 aliphatic carbocycles. The van der Waals surface area contributed by atoms with Crippen molar-refractivity contribution in [3.8, 4) is 17.6 Å². The van der Waals surface area contributed by atoms with Gasteiger partial charge < -0.3 is 10.2 Å². The van der Waals surface area contributed by atoms with Crippen LogP contribution in [0.1, 0.15) is 18.4 Å². The molecule has 0 fully saturated rings. The van der Waals surface area contributed by atoms with Gasteiger partial charge in [-0.2, -0.15) is 0 Å². The van der Waals surface area contributed by atoms with Crippen molar-refractivity contribution < 1.29 is 10.2 Å². The Hall–Kier alpha value is -1.17. The number of benzene rings is 1. The molecule has 1 rings (SSSR count). The van der Waals surface area contributed by atoms with Crippen LogP contribution in [0.25, 0.3) is 0 Å². The number of aryl methyl sites for hydroxylation is 1. The predicted molar refractivity (Wildman–Crippen MR) is 60.9 cm³/mol. The first-order valence-electron chi connectivity index (χ1n) is 4.78. The second-order valence-corrected chi connectivity index (χ2v) is 3.49. The Morgan fingerprint density at radius 3 is 2.80 bits per heavy atom. The van der Waals surface area contributed by atoms with E-state index >= 15 is 0 Å². The molecule has 0 atom stereocenters. The second-order valence-electron chi connectivity index (χ2n) is 3.12. The molecule has 0 spiro atoms. The van der Waals surface area contributed by atoms with E-state index in [1.807, 2.05) is 6.07 Å². The second kappa shape index (κ2) is 6.34. The van der Waals surface area contributed by atoms with Gasteiger partial charge in [-0.25, -0.2) is 0 Å². The zero-order valence-corrected chi connectivity index (χ0v) is 9.09. The van der Waals surface area contributed by atoms with Crippen molar-refractivity contribution in [1.29, 1.82) is 0 Å². The number of halogens is 1. The average Bonchev–Trinajstić information content (AvgIpc) is 2.24. The summed E-state index contributed by atoms with van der Waals surface area (Å²) in [6, 6.07) is 5.23. The van der Waals surface area contributed by atoms with Crippen LogP contribution >= 0.6 is 11.6 Å². The summed E-state index contributed by atoms with van der Waals surface area (Å²) < 4.78 is 0. The van der Waals surface area contributed by atoms with E-state index in [9.17, 15) is 5.11 Å². The standard InChI is InChI=1S/C12H13ClO2/c13-12-10(7-5-8-11(12)15)6-3-1-2-4-9-14/h5,7-8,14-15H,1,3,6,9H2. The molecular formula is C12H13ClO2. The fourth-order valence-corrected chi connectivity index (χ4v) is 1.49. The maximum absolute atomic E-state index is 9.35. The van der Waals surface area contributed by atoms with Gasteiger partial charge in [0.15, 0.2) is 0 Å². The minimum atomic E-state index is -0.0904. The fraction of sp³-hybridized carbons (Fsp3) is 0.333. The molecule has 0 aromatic heterocycles. The van der Waals surface area contributed by atoms with Crippen molar-refractivity contribution in [1.82, 2.24) is 0 Å². The zero-order chi connectivity index (χ0) is 11.1. The van der Waals surface area contributed by atoms with Crippen molar-refractivity contribution in [3.63, 3.8) is 0 Å². The minimum absolute atomic E-state index is 0.0904. The summed E-state index contributed by atoms with van der Waals surface area (Å²) >= 11 is 5.91. The lowest BCUT2D eigenvalue weighted by Crippen LogP contribution is -1.86. The molecule has 0 aliphatic heterocycles. The van der Waals surface area contributed by atoms with E-state index in [0.29, 0.717) is 5.02 Å². The number of rotatable bonds is 3. The molecule has 0 radical (unpaired) electrons. The van der Waals surface area contributed by atoms with Gasteiger partial charge in [0.2, 0.25) is 0 Å². The van der Waals surface area contributed by atoms with E-state index in [4.69, 9.17) is 16.7 Å². The Morgan fingerprint density at radius 2 is 2.07 bits per heavy atom. The van der Waals surface area contributed by atoms with E-state index in [2.05, 4.69) is 11.8 Å². The number of phenolic OH excluding ortho intramolecular Hbond substituents is 1. The van der Waals surface area contributed by atoms with Gasteiger partial charge in [0.1, 0.15) is 12.4 Å². The molecule has 0 bridgehead atoms. The first-order chi connectivity index (χ1) is 7.25. The molecule has 2 nitrogen and oxygen atoms in total. The maximum atomic E-state index is 9.35. The number of hydrogen-bond acceptors (Lipinski definition) is 2. The molecule has 0 aliphatic rings. The number of aromatic hydroxyl groups is 1. The van der Waals surface area contributed by atoms with Gasteiger partial charge in [0.25, 0.3) is 0 Å². The average molecular weight is 225 g/mol. The van der Waals surface area contributed by atoms with Gasteiger partial charge in [-0.3, -0.25) is 0 Å². The number of phenols is 1. The maximum Gasteiger partial charge on any atom is 0.134 e. The van der Waals surface area contributed by atoms with Gasteiger partial charge in [-0.15, -0.1) is 5.92 Å². The van der Waals surface area contributed by atoms with Crippen LogP contribution in [0.4, 0.5) is 0 Å². The van der Waals surface area contributed by atoms with Crippen molar-refractivity contribution in [2.24, 2.45) is 0 Å². The highest BCUT2D eigenvalue weighted by Gasteiger charge is 2.03. The first kappa shape index (κ1) is 11.9.